The lowest BCUT2D eigenvalue weighted by Gasteiger charge is -2.01. The first kappa shape index (κ1) is 10.0. The van der Waals surface area contributed by atoms with E-state index in [-0.39, 0.29) is 17.5 Å². The van der Waals surface area contributed by atoms with Gasteiger partial charge in [0.15, 0.2) is 11.3 Å². The first-order valence-corrected chi connectivity index (χ1v) is 4.29. The predicted octanol–water partition coefficient (Wildman–Crippen LogP) is -0.219. The monoisotopic (exact) mass is 221 g/mol. The molecular formula is C8H7N5O3. The zero-order valence-electron chi connectivity index (χ0n) is 8.21. The molecule has 0 radical (unpaired) electrons. The van der Waals surface area contributed by atoms with Gasteiger partial charge in [0.1, 0.15) is 6.33 Å². The number of rotatable bonds is 2. The molecule has 8 nitrogen and oxygen atoms in total. The third kappa shape index (κ3) is 1.67. The lowest BCUT2D eigenvalue weighted by molar-refractivity contribution is -0.114. The van der Waals surface area contributed by atoms with E-state index >= 15 is 0 Å². The highest BCUT2D eigenvalue weighted by molar-refractivity contribution is 5.88. The molecule has 0 aliphatic heterocycles. The molecule has 2 heterocycles. The maximum absolute atomic E-state index is 10.9. The number of anilines is 1. The molecule has 2 N–H and O–H groups in total. The number of nitrogens with one attached hydrogen (secondary N) is 1. The molecule has 0 spiro atoms. The van der Waals surface area contributed by atoms with E-state index in [2.05, 4.69) is 20.4 Å². The molecule has 0 aliphatic rings. The molecule has 2 aromatic rings. The molecule has 1 amide bonds. The first-order chi connectivity index (χ1) is 7.58. The molecule has 2 aromatic heterocycles. The summed E-state index contributed by atoms with van der Waals surface area (Å²) in [5, 5.41) is 14.9. The van der Waals surface area contributed by atoms with Crippen LogP contribution in [0.2, 0.25) is 0 Å². The van der Waals surface area contributed by atoms with Gasteiger partial charge in [-0.3, -0.25) is 10.1 Å². The van der Waals surface area contributed by atoms with Crippen molar-refractivity contribution < 1.29 is 14.7 Å². The average molecular weight is 221 g/mol. The fourth-order valence-corrected chi connectivity index (χ4v) is 1.16. The lowest BCUT2D eigenvalue weighted by atomic mass is 10.4. The molecule has 0 saturated carbocycles. The Morgan fingerprint density at radius 1 is 1.44 bits per heavy atom. The van der Waals surface area contributed by atoms with E-state index in [1.807, 2.05) is 0 Å². The van der Waals surface area contributed by atoms with Gasteiger partial charge >= 0.3 is 5.97 Å². The average Bonchev–Trinajstić information content (AvgIpc) is 2.61. The molecular weight excluding hydrogens is 214 g/mol. The second kappa shape index (κ2) is 3.57. The Morgan fingerprint density at radius 3 is 2.81 bits per heavy atom. The van der Waals surface area contributed by atoms with Crippen molar-refractivity contribution in [2.24, 2.45) is 0 Å². The van der Waals surface area contributed by atoms with E-state index in [4.69, 9.17) is 5.11 Å². The predicted molar refractivity (Wildman–Crippen MR) is 52.0 cm³/mol. The summed E-state index contributed by atoms with van der Waals surface area (Å²) in [5.41, 5.74) is 0.142. The number of aromatic nitrogens is 4. The number of carbonyl (C=O) groups is 2. The molecule has 0 bridgehead atoms. The third-order valence-electron chi connectivity index (χ3n) is 1.77. The summed E-state index contributed by atoms with van der Waals surface area (Å²) < 4.78 is 1.16. The fourth-order valence-electron chi connectivity index (χ4n) is 1.16. The summed E-state index contributed by atoms with van der Waals surface area (Å²) in [7, 11) is 0. The summed E-state index contributed by atoms with van der Waals surface area (Å²) in [5.74, 6) is -1.36. The van der Waals surface area contributed by atoms with Gasteiger partial charge in [-0.05, 0) is 0 Å². The Bertz CT molecular complexity index is 576. The molecule has 0 aliphatic carbocycles. The van der Waals surface area contributed by atoms with Crippen LogP contribution >= 0.6 is 0 Å². The minimum absolute atomic E-state index is 0.130. The van der Waals surface area contributed by atoms with E-state index in [0.717, 1.165) is 4.52 Å². The Balaban J connectivity index is 2.58. The van der Waals surface area contributed by atoms with Crippen molar-refractivity contribution in [3.8, 4) is 0 Å². The minimum atomic E-state index is -1.17. The smallest absolute Gasteiger partial charge is 0.356 e. The van der Waals surface area contributed by atoms with Crippen molar-refractivity contribution in [1.82, 2.24) is 19.6 Å². The molecule has 0 fully saturated rings. The largest absolute Gasteiger partial charge is 0.476 e. The number of amides is 1. The van der Waals surface area contributed by atoms with Crippen LogP contribution in [0.1, 0.15) is 17.4 Å². The molecule has 0 atom stereocenters. The number of carbonyl (C=O) groups excluding carboxylic acids is 1. The van der Waals surface area contributed by atoms with Crippen molar-refractivity contribution in [2.75, 3.05) is 5.32 Å². The van der Waals surface area contributed by atoms with Crippen LogP contribution < -0.4 is 5.32 Å². The molecule has 82 valence electrons. The number of fused-ring (bicyclic) bond motifs is 1. The standard InChI is InChI=1S/C8H7N5O3/c1-4(14)11-8-10-3-9-6-2-5(7(15)16)12-13(6)8/h2-3H,1H3,(H,15,16)(H,9,10,11,14). The van der Waals surface area contributed by atoms with Crippen LogP contribution in [0.4, 0.5) is 5.95 Å². The molecule has 0 unspecified atom stereocenters. The second-order valence-corrected chi connectivity index (χ2v) is 2.98. The summed E-state index contributed by atoms with van der Waals surface area (Å²) in [6.45, 7) is 1.32. The normalized spacial score (nSPS) is 10.3. The number of nitrogens with zero attached hydrogens (tertiary/aromatic N) is 4. The quantitative estimate of drug-likeness (QED) is 0.725. The van der Waals surface area contributed by atoms with Crippen molar-refractivity contribution >= 4 is 23.5 Å². The van der Waals surface area contributed by atoms with Gasteiger partial charge in [0.2, 0.25) is 11.9 Å². The maximum Gasteiger partial charge on any atom is 0.356 e. The topological polar surface area (TPSA) is 109 Å². The highest BCUT2D eigenvalue weighted by Crippen LogP contribution is 2.08. The van der Waals surface area contributed by atoms with Gasteiger partial charge in [-0.2, -0.15) is 9.61 Å². The zero-order valence-corrected chi connectivity index (χ0v) is 8.21. The summed E-state index contributed by atoms with van der Waals surface area (Å²) in [6.07, 6.45) is 1.22. The van der Waals surface area contributed by atoms with Crippen LogP contribution in [0.3, 0.4) is 0 Å². The van der Waals surface area contributed by atoms with Gasteiger partial charge in [0.25, 0.3) is 0 Å². The van der Waals surface area contributed by atoms with Gasteiger partial charge in [-0.15, -0.1) is 0 Å². The Hall–Kier alpha value is -2.51. The summed E-state index contributed by atoms with van der Waals surface area (Å²) in [6, 6.07) is 1.29. The van der Waals surface area contributed by atoms with Crippen molar-refractivity contribution in [2.45, 2.75) is 6.92 Å². The van der Waals surface area contributed by atoms with Gasteiger partial charge in [0, 0.05) is 13.0 Å². The number of carboxylic acids is 1. The van der Waals surface area contributed by atoms with Gasteiger partial charge in [-0.25, -0.2) is 14.8 Å². The van der Waals surface area contributed by atoms with E-state index in [1.165, 1.54) is 19.3 Å². The van der Waals surface area contributed by atoms with Crippen LogP contribution in [-0.2, 0) is 4.79 Å². The molecule has 16 heavy (non-hydrogen) atoms. The van der Waals surface area contributed by atoms with E-state index in [1.54, 1.807) is 0 Å². The summed E-state index contributed by atoms with van der Waals surface area (Å²) >= 11 is 0. The Morgan fingerprint density at radius 2 is 2.19 bits per heavy atom. The van der Waals surface area contributed by atoms with Crippen LogP contribution in [0, 0.1) is 0 Å². The minimum Gasteiger partial charge on any atom is -0.476 e. The molecule has 8 heteroatoms. The molecule has 0 saturated heterocycles. The van der Waals surface area contributed by atoms with Crippen molar-refractivity contribution in [3.63, 3.8) is 0 Å². The molecule has 0 aromatic carbocycles. The highest BCUT2D eigenvalue weighted by atomic mass is 16.4. The summed E-state index contributed by atoms with van der Waals surface area (Å²) in [4.78, 5) is 29.2. The van der Waals surface area contributed by atoms with Crippen LogP contribution in [0.15, 0.2) is 12.4 Å². The van der Waals surface area contributed by atoms with Gasteiger partial charge < -0.3 is 5.11 Å². The molecule has 2 rings (SSSR count). The number of hydrogen-bond acceptors (Lipinski definition) is 5. The third-order valence-corrected chi connectivity index (χ3v) is 1.77. The second-order valence-electron chi connectivity index (χ2n) is 2.98. The maximum atomic E-state index is 10.9. The van der Waals surface area contributed by atoms with Crippen LogP contribution in [-0.4, -0.2) is 36.6 Å². The Kier molecular flexibility index (Phi) is 2.24. The van der Waals surface area contributed by atoms with E-state index < -0.39 is 5.97 Å². The SMILES string of the molecule is CC(=O)Nc1ncnc2cc(C(=O)O)nn12. The number of hydrogen-bond donors (Lipinski definition) is 2. The van der Waals surface area contributed by atoms with E-state index in [9.17, 15) is 9.59 Å². The number of carboxylic acid groups (broad SMARTS) is 1. The van der Waals surface area contributed by atoms with Crippen molar-refractivity contribution in [1.29, 1.82) is 0 Å². The Labute approximate surface area is 88.9 Å². The van der Waals surface area contributed by atoms with Gasteiger partial charge in [-0.1, -0.05) is 0 Å². The lowest BCUT2D eigenvalue weighted by Crippen LogP contribution is -2.12. The van der Waals surface area contributed by atoms with E-state index in [0.29, 0.717) is 5.65 Å². The first-order valence-electron chi connectivity index (χ1n) is 4.29. The van der Waals surface area contributed by atoms with Crippen molar-refractivity contribution in [3.05, 3.63) is 18.1 Å². The van der Waals surface area contributed by atoms with Crippen LogP contribution in [0.25, 0.3) is 5.65 Å². The van der Waals surface area contributed by atoms with Crippen LogP contribution in [0.5, 0.6) is 0 Å². The zero-order chi connectivity index (χ0) is 11.7. The highest BCUT2D eigenvalue weighted by Gasteiger charge is 2.12. The van der Waals surface area contributed by atoms with Gasteiger partial charge in [0.05, 0.1) is 0 Å². The fraction of sp³-hybridized carbons (Fsp3) is 0.125. The number of aromatic carboxylic acids is 1.